The monoisotopic (exact) mass is 228 g/mol. The van der Waals surface area contributed by atoms with Gasteiger partial charge in [0, 0.05) is 25.8 Å². The summed E-state index contributed by atoms with van der Waals surface area (Å²) in [5.74, 6) is 1.68. The molecule has 4 nitrogen and oxygen atoms in total. The fourth-order valence-corrected chi connectivity index (χ4v) is 1.44. The predicted octanol–water partition coefficient (Wildman–Crippen LogP) is 2.59. The normalized spacial score (nSPS) is 10.1. The molecule has 88 valence electrons. The van der Waals surface area contributed by atoms with Crippen LogP contribution in [0, 0.1) is 6.92 Å². The topological polar surface area (TPSA) is 41.0 Å². The quantitative estimate of drug-likeness (QED) is 0.876. The Morgan fingerprint density at radius 3 is 2.41 bits per heavy atom. The van der Waals surface area contributed by atoms with Crippen molar-refractivity contribution in [3.63, 3.8) is 0 Å². The first-order chi connectivity index (χ1) is 8.15. The summed E-state index contributed by atoms with van der Waals surface area (Å²) in [5.41, 5.74) is 2.27. The lowest BCUT2D eigenvalue weighted by Crippen LogP contribution is -2.11. The smallest absolute Gasteiger partial charge is 0.135 e. The maximum atomic E-state index is 4.19. The van der Waals surface area contributed by atoms with E-state index in [2.05, 4.69) is 34.3 Å². The van der Waals surface area contributed by atoms with Crippen molar-refractivity contribution >= 4 is 17.3 Å². The minimum Gasteiger partial charge on any atom is -0.363 e. The van der Waals surface area contributed by atoms with Gasteiger partial charge in [-0.3, -0.25) is 0 Å². The van der Waals surface area contributed by atoms with Gasteiger partial charge in [-0.2, -0.15) is 0 Å². The van der Waals surface area contributed by atoms with E-state index in [1.807, 2.05) is 37.2 Å². The zero-order chi connectivity index (χ0) is 12.3. The molecule has 0 radical (unpaired) electrons. The summed E-state index contributed by atoms with van der Waals surface area (Å²) in [4.78, 5) is 10.3. The number of rotatable bonds is 3. The Hall–Kier alpha value is -2.10. The van der Waals surface area contributed by atoms with Crippen LogP contribution in [-0.4, -0.2) is 24.1 Å². The van der Waals surface area contributed by atoms with E-state index in [0.717, 1.165) is 17.3 Å². The van der Waals surface area contributed by atoms with Crippen LogP contribution in [0.4, 0.5) is 17.3 Å². The highest BCUT2D eigenvalue weighted by Gasteiger charge is 2.00. The van der Waals surface area contributed by atoms with Gasteiger partial charge < -0.3 is 10.2 Å². The molecule has 0 aliphatic rings. The molecule has 0 saturated carbocycles. The van der Waals surface area contributed by atoms with Gasteiger partial charge >= 0.3 is 0 Å². The Morgan fingerprint density at radius 2 is 1.76 bits per heavy atom. The Balaban J connectivity index is 2.18. The van der Waals surface area contributed by atoms with E-state index in [4.69, 9.17) is 0 Å². The summed E-state index contributed by atoms with van der Waals surface area (Å²) in [6.45, 7) is 2.07. The predicted molar refractivity (Wildman–Crippen MR) is 70.8 cm³/mol. The number of nitrogens with zero attached hydrogens (tertiary/aromatic N) is 3. The van der Waals surface area contributed by atoms with Crippen molar-refractivity contribution in [1.82, 2.24) is 9.97 Å². The Labute approximate surface area is 101 Å². The van der Waals surface area contributed by atoms with Crippen molar-refractivity contribution in [3.8, 4) is 0 Å². The maximum Gasteiger partial charge on any atom is 0.135 e. The van der Waals surface area contributed by atoms with E-state index < -0.39 is 0 Å². The van der Waals surface area contributed by atoms with Crippen LogP contribution in [-0.2, 0) is 0 Å². The van der Waals surface area contributed by atoms with Crippen LogP contribution in [0.25, 0.3) is 0 Å². The molecule has 0 fully saturated rings. The summed E-state index contributed by atoms with van der Waals surface area (Å²) in [6, 6.07) is 10.1. The molecule has 2 aromatic rings. The second-order valence-corrected chi connectivity index (χ2v) is 4.15. The van der Waals surface area contributed by atoms with E-state index in [1.54, 1.807) is 6.33 Å². The van der Waals surface area contributed by atoms with Crippen LogP contribution in [0.2, 0.25) is 0 Å². The Bertz CT molecular complexity index is 491. The molecule has 0 saturated heterocycles. The molecule has 17 heavy (non-hydrogen) atoms. The molecule has 0 amide bonds. The lowest BCUT2D eigenvalue weighted by Gasteiger charge is -2.12. The van der Waals surface area contributed by atoms with Crippen LogP contribution in [0.1, 0.15) is 5.56 Å². The lowest BCUT2D eigenvalue weighted by molar-refractivity contribution is 1.04. The molecule has 1 aromatic carbocycles. The highest BCUT2D eigenvalue weighted by atomic mass is 15.2. The largest absolute Gasteiger partial charge is 0.363 e. The van der Waals surface area contributed by atoms with Gasteiger partial charge in [-0.05, 0) is 19.1 Å². The molecule has 2 rings (SSSR count). The molecule has 4 heteroatoms. The number of aromatic nitrogens is 2. The van der Waals surface area contributed by atoms with E-state index in [1.165, 1.54) is 5.56 Å². The number of benzene rings is 1. The molecule has 0 aliphatic heterocycles. The van der Waals surface area contributed by atoms with E-state index >= 15 is 0 Å². The minimum absolute atomic E-state index is 0.799. The van der Waals surface area contributed by atoms with Gasteiger partial charge in [-0.15, -0.1) is 0 Å². The number of nitrogens with one attached hydrogen (secondary N) is 1. The average molecular weight is 228 g/mol. The molecular weight excluding hydrogens is 212 g/mol. The van der Waals surface area contributed by atoms with Crippen LogP contribution in [0.3, 0.4) is 0 Å². The third kappa shape index (κ3) is 2.93. The number of hydrogen-bond acceptors (Lipinski definition) is 4. The first kappa shape index (κ1) is 11.4. The molecule has 0 bridgehead atoms. The SMILES string of the molecule is Cc1ccc(Nc2cc(N(C)C)ncn2)cc1. The van der Waals surface area contributed by atoms with Crippen molar-refractivity contribution in [2.24, 2.45) is 0 Å². The van der Waals surface area contributed by atoms with Crippen LogP contribution >= 0.6 is 0 Å². The van der Waals surface area contributed by atoms with Crippen molar-refractivity contribution in [3.05, 3.63) is 42.2 Å². The summed E-state index contributed by atoms with van der Waals surface area (Å²) < 4.78 is 0. The number of anilines is 3. The second kappa shape index (κ2) is 4.82. The Morgan fingerprint density at radius 1 is 1.06 bits per heavy atom. The number of hydrogen-bond donors (Lipinski definition) is 1. The van der Waals surface area contributed by atoms with E-state index in [-0.39, 0.29) is 0 Å². The van der Waals surface area contributed by atoms with Gasteiger partial charge in [0.2, 0.25) is 0 Å². The molecule has 1 N–H and O–H groups in total. The van der Waals surface area contributed by atoms with Crippen LogP contribution < -0.4 is 10.2 Å². The fourth-order valence-electron chi connectivity index (χ4n) is 1.44. The first-order valence-corrected chi connectivity index (χ1v) is 5.48. The third-order valence-electron chi connectivity index (χ3n) is 2.43. The van der Waals surface area contributed by atoms with Crippen molar-refractivity contribution in [2.45, 2.75) is 6.92 Å². The van der Waals surface area contributed by atoms with Crippen LogP contribution in [0.15, 0.2) is 36.7 Å². The van der Waals surface area contributed by atoms with E-state index in [9.17, 15) is 0 Å². The molecule has 0 unspecified atom stereocenters. The van der Waals surface area contributed by atoms with Crippen molar-refractivity contribution in [2.75, 3.05) is 24.3 Å². The van der Waals surface area contributed by atoms with Gasteiger partial charge in [0.25, 0.3) is 0 Å². The Kier molecular flexibility index (Phi) is 3.23. The average Bonchev–Trinajstić information content (AvgIpc) is 2.32. The fraction of sp³-hybridized carbons (Fsp3) is 0.231. The third-order valence-corrected chi connectivity index (χ3v) is 2.43. The van der Waals surface area contributed by atoms with Gasteiger partial charge in [0.1, 0.15) is 18.0 Å². The van der Waals surface area contributed by atoms with Gasteiger partial charge in [-0.1, -0.05) is 17.7 Å². The molecule has 0 spiro atoms. The van der Waals surface area contributed by atoms with E-state index in [0.29, 0.717) is 0 Å². The summed E-state index contributed by atoms with van der Waals surface area (Å²) in [5, 5.41) is 3.25. The van der Waals surface area contributed by atoms with Gasteiger partial charge in [-0.25, -0.2) is 9.97 Å². The summed E-state index contributed by atoms with van der Waals surface area (Å²) >= 11 is 0. The minimum atomic E-state index is 0.799. The van der Waals surface area contributed by atoms with Crippen molar-refractivity contribution in [1.29, 1.82) is 0 Å². The molecule has 1 aromatic heterocycles. The molecule has 0 atom stereocenters. The zero-order valence-corrected chi connectivity index (χ0v) is 10.3. The highest BCUT2D eigenvalue weighted by Crippen LogP contribution is 2.17. The zero-order valence-electron chi connectivity index (χ0n) is 10.3. The van der Waals surface area contributed by atoms with Crippen LogP contribution in [0.5, 0.6) is 0 Å². The standard InChI is InChI=1S/C13H16N4/c1-10-4-6-11(7-5-10)16-12-8-13(17(2)3)15-9-14-12/h4-9H,1-3H3,(H,14,15,16). The lowest BCUT2D eigenvalue weighted by atomic mass is 10.2. The maximum absolute atomic E-state index is 4.19. The highest BCUT2D eigenvalue weighted by molar-refractivity contribution is 5.59. The summed E-state index contributed by atoms with van der Waals surface area (Å²) in [7, 11) is 3.91. The molecule has 1 heterocycles. The van der Waals surface area contributed by atoms with Gasteiger partial charge in [0.15, 0.2) is 0 Å². The second-order valence-electron chi connectivity index (χ2n) is 4.15. The molecular formula is C13H16N4. The number of aryl methyl sites for hydroxylation is 1. The summed E-state index contributed by atoms with van der Waals surface area (Å²) in [6.07, 6.45) is 1.56. The van der Waals surface area contributed by atoms with Gasteiger partial charge in [0.05, 0.1) is 0 Å². The first-order valence-electron chi connectivity index (χ1n) is 5.48. The molecule has 0 aliphatic carbocycles. The van der Waals surface area contributed by atoms with Crippen molar-refractivity contribution < 1.29 is 0 Å².